The highest BCUT2D eigenvalue weighted by Gasteiger charge is 2.21. The average molecular weight is 393 g/mol. The molecule has 6 heteroatoms. The summed E-state index contributed by atoms with van der Waals surface area (Å²) in [6, 6.07) is 15.4. The normalized spacial score (nSPS) is 12.5. The number of likely N-dealkylation sites (N-methyl/N-ethyl adjacent to an activating group) is 1. The second-order valence-electron chi connectivity index (χ2n) is 5.95. The first-order chi connectivity index (χ1) is 12.0. The van der Waals surface area contributed by atoms with Crippen molar-refractivity contribution in [2.24, 2.45) is 0 Å². The third-order valence-corrected chi connectivity index (χ3v) is 6.10. The smallest absolute Gasteiger partial charge is 0.262 e. The number of thiophene rings is 1. The number of amides is 1. The Morgan fingerprint density at radius 2 is 1.80 bits per heavy atom. The summed E-state index contributed by atoms with van der Waals surface area (Å²) < 4.78 is 1.01. The monoisotopic (exact) mass is 392 g/mol. The molecule has 0 aliphatic heterocycles. The van der Waals surface area contributed by atoms with Crippen molar-refractivity contribution in [2.45, 2.75) is 6.04 Å². The van der Waals surface area contributed by atoms with E-state index in [-0.39, 0.29) is 11.9 Å². The quantitative estimate of drug-likeness (QED) is 0.643. The van der Waals surface area contributed by atoms with Crippen LogP contribution in [0.15, 0.2) is 48.5 Å². The molecule has 1 aromatic heterocycles. The van der Waals surface area contributed by atoms with E-state index in [4.69, 9.17) is 23.2 Å². The number of nitrogens with zero attached hydrogens (tertiary/aromatic N) is 1. The lowest BCUT2D eigenvalue weighted by atomic mass is 10.1. The maximum absolute atomic E-state index is 12.6. The highest BCUT2D eigenvalue weighted by Crippen LogP contribution is 2.35. The van der Waals surface area contributed by atoms with E-state index in [1.54, 1.807) is 0 Å². The fourth-order valence-corrected chi connectivity index (χ4v) is 4.44. The Bertz CT molecular complexity index is 907. The largest absolute Gasteiger partial charge is 0.349 e. The van der Waals surface area contributed by atoms with Gasteiger partial charge in [0.15, 0.2) is 0 Å². The molecule has 3 aromatic rings. The lowest BCUT2D eigenvalue weighted by molar-refractivity contribution is 0.0946. The Morgan fingerprint density at radius 3 is 2.48 bits per heavy atom. The molecule has 0 saturated carbocycles. The van der Waals surface area contributed by atoms with E-state index in [0.717, 1.165) is 15.6 Å². The topological polar surface area (TPSA) is 32.3 Å². The minimum atomic E-state index is -0.162. The predicted molar refractivity (Wildman–Crippen MR) is 107 cm³/mol. The van der Waals surface area contributed by atoms with Crippen molar-refractivity contribution in [3.05, 3.63) is 69.0 Å². The molecule has 25 heavy (non-hydrogen) atoms. The molecular weight excluding hydrogens is 375 g/mol. The van der Waals surface area contributed by atoms with Gasteiger partial charge >= 0.3 is 0 Å². The fraction of sp³-hybridized carbons (Fsp3) is 0.211. The Balaban J connectivity index is 1.80. The predicted octanol–water partition coefficient (Wildman–Crippen LogP) is 5.24. The van der Waals surface area contributed by atoms with Crippen LogP contribution in [0, 0.1) is 0 Å². The molecule has 2 aromatic carbocycles. The summed E-state index contributed by atoms with van der Waals surface area (Å²) >= 11 is 14.1. The van der Waals surface area contributed by atoms with Crippen molar-refractivity contribution >= 4 is 50.5 Å². The standard InChI is InChI=1S/C19H18Cl2N2OS/c1-23(2)15(12-7-3-5-9-14(12)20)11-22-19(24)18-17(21)13-8-4-6-10-16(13)25-18/h3-10,15H,11H2,1-2H3,(H,22,24). The third kappa shape index (κ3) is 3.82. The van der Waals surface area contributed by atoms with E-state index in [2.05, 4.69) is 5.32 Å². The number of hydrogen-bond donors (Lipinski definition) is 1. The third-order valence-electron chi connectivity index (χ3n) is 4.08. The van der Waals surface area contributed by atoms with Crippen LogP contribution < -0.4 is 5.32 Å². The zero-order valence-corrected chi connectivity index (χ0v) is 16.3. The van der Waals surface area contributed by atoms with Gasteiger partial charge in [-0.2, -0.15) is 0 Å². The average Bonchev–Trinajstić information content (AvgIpc) is 2.93. The van der Waals surface area contributed by atoms with Crippen molar-refractivity contribution in [1.29, 1.82) is 0 Å². The summed E-state index contributed by atoms with van der Waals surface area (Å²) in [5.41, 5.74) is 0.983. The molecule has 1 heterocycles. The highest BCUT2D eigenvalue weighted by atomic mass is 35.5. The number of rotatable bonds is 5. The molecule has 0 fully saturated rings. The number of carbonyl (C=O) groups excluding carboxylic acids is 1. The van der Waals surface area contributed by atoms with Gasteiger partial charge in [-0.1, -0.05) is 59.6 Å². The number of nitrogens with one attached hydrogen (secondary N) is 1. The Hall–Kier alpha value is -1.59. The van der Waals surface area contributed by atoms with Gasteiger partial charge in [0.05, 0.1) is 11.1 Å². The van der Waals surface area contributed by atoms with Gasteiger partial charge in [-0.05, 0) is 31.8 Å². The Labute approximate surface area is 161 Å². The maximum Gasteiger partial charge on any atom is 0.262 e. The Kier molecular flexibility index (Phi) is 5.64. The molecule has 0 saturated heterocycles. The first kappa shape index (κ1) is 18.2. The second-order valence-corrected chi connectivity index (χ2v) is 7.79. The van der Waals surface area contributed by atoms with Gasteiger partial charge in [-0.3, -0.25) is 4.79 Å². The van der Waals surface area contributed by atoms with Gasteiger partial charge in [-0.25, -0.2) is 0 Å². The number of hydrogen-bond acceptors (Lipinski definition) is 3. The van der Waals surface area contributed by atoms with Crippen LogP contribution in [-0.2, 0) is 0 Å². The van der Waals surface area contributed by atoms with Gasteiger partial charge in [0.25, 0.3) is 5.91 Å². The maximum atomic E-state index is 12.6. The van der Waals surface area contributed by atoms with Crippen molar-refractivity contribution in [1.82, 2.24) is 10.2 Å². The molecule has 0 radical (unpaired) electrons. The van der Waals surface area contributed by atoms with Gasteiger partial charge in [0, 0.05) is 21.7 Å². The zero-order chi connectivity index (χ0) is 18.0. The lowest BCUT2D eigenvalue weighted by Gasteiger charge is -2.25. The SMILES string of the molecule is CN(C)C(CNC(=O)c1sc2ccccc2c1Cl)c1ccccc1Cl. The van der Waals surface area contributed by atoms with E-state index in [0.29, 0.717) is 21.5 Å². The van der Waals surface area contributed by atoms with Crippen LogP contribution in [0.2, 0.25) is 10.0 Å². The van der Waals surface area contributed by atoms with Crippen LogP contribution in [0.25, 0.3) is 10.1 Å². The van der Waals surface area contributed by atoms with E-state index in [9.17, 15) is 4.79 Å². The molecular formula is C19H18Cl2N2OS. The van der Waals surface area contributed by atoms with Gasteiger partial charge in [0.1, 0.15) is 4.88 Å². The van der Waals surface area contributed by atoms with Crippen LogP contribution in [0.1, 0.15) is 21.3 Å². The summed E-state index contributed by atoms with van der Waals surface area (Å²) in [5.74, 6) is -0.162. The minimum absolute atomic E-state index is 0.0224. The van der Waals surface area contributed by atoms with Crippen LogP contribution in [0.3, 0.4) is 0 Å². The molecule has 1 amide bonds. The number of benzene rings is 2. The molecule has 1 N–H and O–H groups in total. The van der Waals surface area contributed by atoms with E-state index < -0.39 is 0 Å². The van der Waals surface area contributed by atoms with Crippen molar-refractivity contribution in [2.75, 3.05) is 20.6 Å². The molecule has 1 unspecified atom stereocenters. The van der Waals surface area contributed by atoms with E-state index in [1.165, 1.54) is 11.3 Å². The van der Waals surface area contributed by atoms with E-state index >= 15 is 0 Å². The number of halogens is 2. The summed E-state index contributed by atoms with van der Waals surface area (Å²) in [6.07, 6.45) is 0. The molecule has 0 bridgehead atoms. The fourth-order valence-electron chi connectivity index (χ4n) is 2.75. The molecule has 0 aliphatic rings. The number of fused-ring (bicyclic) bond motifs is 1. The molecule has 3 rings (SSSR count). The summed E-state index contributed by atoms with van der Waals surface area (Å²) in [6.45, 7) is 0.445. The lowest BCUT2D eigenvalue weighted by Crippen LogP contribution is -2.34. The molecule has 0 aliphatic carbocycles. The molecule has 0 spiro atoms. The van der Waals surface area contributed by atoms with Crippen LogP contribution >= 0.6 is 34.5 Å². The first-order valence-corrected chi connectivity index (χ1v) is 9.42. The highest BCUT2D eigenvalue weighted by molar-refractivity contribution is 7.21. The molecule has 1 atom stereocenters. The van der Waals surface area contributed by atoms with Crippen LogP contribution in [0.5, 0.6) is 0 Å². The number of carbonyl (C=O) groups is 1. The summed E-state index contributed by atoms with van der Waals surface area (Å²) in [7, 11) is 3.93. The van der Waals surface area contributed by atoms with Gasteiger partial charge < -0.3 is 10.2 Å². The van der Waals surface area contributed by atoms with Gasteiger partial charge in [-0.15, -0.1) is 11.3 Å². The van der Waals surface area contributed by atoms with Crippen LogP contribution in [0.4, 0.5) is 0 Å². The van der Waals surface area contributed by atoms with Crippen molar-refractivity contribution in [3.8, 4) is 0 Å². The minimum Gasteiger partial charge on any atom is -0.349 e. The van der Waals surface area contributed by atoms with Gasteiger partial charge in [0.2, 0.25) is 0 Å². The van der Waals surface area contributed by atoms with E-state index in [1.807, 2.05) is 67.5 Å². The summed E-state index contributed by atoms with van der Waals surface area (Å²) in [5, 5.41) is 5.11. The first-order valence-electron chi connectivity index (χ1n) is 7.85. The summed E-state index contributed by atoms with van der Waals surface area (Å²) in [4.78, 5) is 15.2. The van der Waals surface area contributed by atoms with Crippen LogP contribution in [-0.4, -0.2) is 31.4 Å². The molecule has 3 nitrogen and oxygen atoms in total. The zero-order valence-electron chi connectivity index (χ0n) is 13.9. The van der Waals surface area contributed by atoms with Crippen molar-refractivity contribution in [3.63, 3.8) is 0 Å². The molecule has 130 valence electrons. The second kappa shape index (κ2) is 7.75. The van der Waals surface area contributed by atoms with Crippen molar-refractivity contribution < 1.29 is 4.79 Å². The Morgan fingerprint density at radius 1 is 1.12 bits per heavy atom.